The molecular weight excluding hydrogens is 242 g/mol. The number of aliphatic hydroxyl groups excluding tert-OH is 1. The molecule has 7 heteroatoms. The molecule has 0 saturated carbocycles. The van der Waals surface area contributed by atoms with E-state index in [2.05, 4.69) is 0 Å². The van der Waals surface area contributed by atoms with Crippen molar-refractivity contribution in [2.75, 3.05) is 18.6 Å². The van der Waals surface area contributed by atoms with Gasteiger partial charge in [0.25, 0.3) is 0 Å². The van der Waals surface area contributed by atoms with Gasteiger partial charge in [-0.1, -0.05) is 0 Å². The van der Waals surface area contributed by atoms with Crippen LogP contribution >= 0.6 is 11.8 Å². The molecule has 1 aliphatic heterocycles. The van der Waals surface area contributed by atoms with E-state index in [1.54, 1.807) is 11.8 Å². The van der Waals surface area contributed by atoms with Crippen LogP contribution in [0.25, 0.3) is 0 Å². The molecule has 0 bridgehead atoms. The third-order valence-corrected chi connectivity index (χ3v) is 3.48. The Morgan fingerprint density at radius 2 is 2.24 bits per heavy atom. The Morgan fingerprint density at radius 3 is 2.76 bits per heavy atom. The summed E-state index contributed by atoms with van der Waals surface area (Å²) < 4.78 is 0. The molecule has 1 rings (SSSR count). The summed E-state index contributed by atoms with van der Waals surface area (Å²) >= 11 is 1.61. The second-order valence-electron chi connectivity index (χ2n) is 4.19. The summed E-state index contributed by atoms with van der Waals surface area (Å²) in [4.78, 5) is 24.5. The predicted octanol–water partition coefficient (Wildman–Crippen LogP) is -1.49. The van der Waals surface area contributed by atoms with Crippen molar-refractivity contribution in [1.29, 1.82) is 0 Å². The van der Waals surface area contributed by atoms with E-state index >= 15 is 0 Å². The summed E-state index contributed by atoms with van der Waals surface area (Å²) in [6, 6.07) is -1.35. The first-order valence-electron chi connectivity index (χ1n) is 5.49. The molecule has 0 aromatic carbocycles. The zero-order valence-corrected chi connectivity index (χ0v) is 10.7. The number of thioether (sulfide) groups is 1. The molecule has 0 aromatic heterocycles. The van der Waals surface area contributed by atoms with Crippen LogP contribution in [0.15, 0.2) is 0 Å². The van der Waals surface area contributed by atoms with Crippen molar-refractivity contribution < 1.29 is 14.7 Å². The van der Waals surface area contributed by atoms with Gasteiger partial charge >= 0.3 is 0 Å². The van der Waals surface area contributed by atoms with Crippen molar-refractivity contribution in [2.24, 2.45) is 11.5 Å². The lowest BCUT2D eigenvalue weighted by atomic mass is 10.1. The van der Waals surface area contributed by atoms with Crippen molar-refractivity contribution in [3.05, 3.63) is 0 Å². The number of primary amides is 1. The van der Waals surface area contributed by atoms with Gasteiger partial charge in [-0.25, -0.2) is 0 Å². The number of hydrogen-bond donors (Lipinski definition) is 3. The molecule has 17 heavy (non-hydrogen) atoms. The van der Waals surface area contributed by atoms with E-state index < -0.39 is 24.1 Å². The summed E-state index contributed by atoms with van der Waals surface area (Å²) in [5.74, 6) is -0.115. The molecule has 1 saturated heterocycles. The molecule has 5 N–H and O–H groups in total. The van der Waals surface area contributed by atoms with Crippen LogP contribution in [0.1, 0.15) is 12.8 Å². The van der Waals surface area contributed by atoms with Crippen LogP contribution in [-0.4, -0.2) is 58.6 Å². The number of carbonyl (C=O) groups excluding carboxylic acids is 2. The largest absolute Gasteiger partial charge is 0.391 e. The minimum absolute atomic E-state index is 0.138. The molecule has 1 aliphatic rings. The van der Waals surface area contributed by atoms with Crippen molar-refractivity contribution in [3.63, 3.8) is 0 Å². The predicted molar refractivity (Wildman–Crippen MR) is 66.3 cm³/mol. The van der Waals surface area contributed by atoms with Crippen LogP contribution in [0.4, 0.5) is 0 Å². The van der Waals surface area contributed by atoms with Gasteiger partial charge in [-0.3, -0.25) is 9.59 Å². The number of rotatable bonds is 5. The quantitative estimate of drug-likeness (QED) is 0.559. The van der Waals surface area contributed by atoms with Gasteiger partial charge in [-0.05, 0) is 18.4 Å². The molecule has 0 spiro atoms. The number of hydrogen-bond acceptors (Lipinski definition) is 5. The monoisotopic (exact) mass is 261 g/mol. The topological polar surface area (TPSA) is 110 Å². The second kappa shape index (κ2) is 6.23. The molecule has 0 aromatic rings. The van der Waals surface area contributed by atoms with Crippen LogP contribution in [0.5, 0.6) is 0 Å². The number of amides is 2. The number of aliphatic hydroxyl groups is 1. The third-order valence-electron chi connectivity index (χ3n) is 2.84. The Labute approximate surface area is 105 Å². The summed E-state index contributed by atoms with van der Waals surface area (Å²) in [5.41, 5.74) is 11.0. The number of β-amino-alcohol motifs (C(OH)–C–C–N with tert-alkyl or cyclic N) is 1. The fourth-order valence-corrected chi connectivity index (χ4v) is 2.40. The highest BCUT2D eigenvalue weighted by molar-refractivity contribution is 7.98. The van der Waals surface area contributed by atoms with Gasteiger partial charge in [-0.15, -0.1) is 0 Å². The maximum Gasteiger partial charge on any atom is 0.240 e. The molecule has 3 atom stereocenters. The summed E-state index contributed by atoms with van der Waals surface area (Å²) in [5, 5.41) is 9.48. The van der Waals surface area contributed by atoms with Gasteiger partial charge in [0.05, 0.1) is 12.1 Å². The lowest BCUT2D eigenvalue weighted by molar-refractivity contribution is -0.138. The van der Waals surface area contributed by atoms with E-state index in [0.717, 1.165) is 5.75 Å². The van der Waals surface area contributed by atoms with Crippen LogP contribution in [0.3, 0.4) is 0 Å². The van der Waals surface area contributed by atoms with E-state index in [0.29, 0.717) is 6.42 Å². The second-order valence-corrected chi connectivity index (χ2v) is 5.17. The lowest BCUT2D eigenvalue weighted by Crippen LogP contribution is -2.50. The molecule has 2 amide bonds. The van der Waals surface area contributed by atoms with Crippen LogP contribution < -0.4 is 11.5 Å². The standard InChI is InChI=1S/C10H19N3O3S/c1-17-3-2-7(11)10(16)13-5-6(14)4-8(13)9(12)15/h6-8,14H,2-5,11H2,1H3,(H2,12,15)/t6?,7-,8?/m1/s1. The van der Waals surface area contributed by atoms with Gasteiger partial charge in [-0.2, -0.15) is 11.8 Å². The first-order chi connectivity index (χ1) is 7.97. The van der Waals surface area contributed by atoms with Gasteiger partial charge in [0.2, 0.25) is 11.8 Å². The smallest absolute Gasteiger partial charge is 0.240 e. The Bertz CT molecular complexity index is 301. The highest BCUT2D eigenvalue weighted by atomic mass is 32.2. The maximum atomic E-state index is 12.0. The number of nitrogens with zero attached hydrogens (tertiary/aromatic N) is 1. The minimum Gasteiger partial charge on any atom is -0.391 e. The summed E-state index contributed by atoms with van der Waals surface area (Å²) in [6.45, 7) is 0.138. The molecule has 2 unspecified atom stereocenters. The van der Waals surface area contributed by atoms with Crippen LogP contribution in [-0.2, 0) is 9.59 Å². The minimum atomic E-state index is -0.724. The van der Waals surface area contributed by atoms with Crippen LogP contribution in [0.2, 0.25) is 0 Å². The highest BCUT2D eigenvalue weighted by Crippen LogP contribution is 2.19. The fraction of sp³-hybridized carbons (Fsp3) is 0.800. The summed E-state index contributed by atoms with van der Waals surface area (Å²) in [7, 11) is 0. The van der Waals surface area contributed by atoms with E-state index in [-0.39, 0.29) is 18.9 Å². The molecular formula is C10H19N3O3S. The van der Waals surface area contributed by atoms with Gasteiger partial charge in [0.1, 0.15) is 6.04 Å². The fourth-order valence-electron chi connectivity index (χ4n) is 1.91. The lowest BCUT2D eigenvalue weighted by Gasteiger charge is -2.25. The Kier molecular flexibility index (Phi) is 5.23. The van der Waals surface area contributed by atoms with Crippen molar-refractivity contribution >= 4 is 23.6 Å². The zero-order valence-electron chi connectivity index (χ0n) is 9.83. The first kappa shape index (κ1) is 14.3. The van der Waals surface area contributed by atoms with E-state index in [1.807, 2.05) is 6.26 Å². The van der Waals surface area contributed by atoms with Crippen LogP contribution in [0, 0.1) is 0 Å². The van der Waals surface area contributed by atoms with E-state index in [1.165, 1.54) is 4.90 Å². The zero-order chi connectivity index (χ0) is 13.0. The van der Waals surface area contributed by atoms with E-state index in [4.69, 9.17) is 11.5 Å². The average molecular weight is 261 g/mol. The van der Waals surface area contributed by atoms with Gasteiger partial charge in [0, 0.05) is 13.0 Å². The number of likely N-dealkylation sites (tertiary alicyclic amines) is 1. The molecule has 1 heterocycles. The van der Waals surface area contributed by atoms with E-state index in [9.17, 15) is 14.7 Å². The SMILES string of the molecule is CSCC[C@@H](N)C(=O)N1CC(O)CC1C(N)=O. The Hall–Kier alpha value is -0.790. The molecule has 0 radical (unpaired) electrons. The molecule has 1 fully saturated rings. The maximum absolute atomic E-state index is 12.0. The molecule has 6 nitrogen and oxygen atoms in total. The highest BCUT2D eigenvalue weighted by Gasteiger charge is 2.39. The molecule has 98 valence electrons. The van der Waals surface area contributed by atoms with Crippen molar-refractivity contribution in [1.82, 2.24) is 4.90 Å². The molecule has 0 aliphatic carbocycles. The van der Waals surface area contributed by atoms with Gasteiger partial charge < -0.3 is 21.5 Å². The Balaban J connectivity index is 2.63. The number of nitrogens with two attached hydrogens (primary N) is 2. The van der Waals surface area contributed by atoms with Crippen molar-refractivity contribution in [3.8, 4) is 0 Å². The first-order valence-corrected chi connectivity index (χ1v) is 6.89. The Morgan fingerprint density at radius 1 is 1.59 bits per heavy atom. The van der Waals surface area contributed by atoms with Gasteiger partial charge in [0.15, 0.2) is 0 Å². The third kappa shape index (κ3) is 3.58. The average Bonchev–Trinajstić information content (AvgIpc) is 2.67. The van der Waals surface area contributed by atoms with Crippen molar-refractivity contribution in [2.45, 2.75) is 31.0 Å². The number of carbonyl (C=O) groups is 2. The normalized spacial score (nSPS) is 25.9. The summed E-state index contributed by atoms with van der Waals surface area (Å²) in [6.07, 6.45) is 2.00.